The van der Waals surface area contributed by atoms with Crippen molar-refractivity contribution in [3.8, 4) is 17.0 Å². The zero-order valence-electron chi connectivity index (χ0n) is 18.6. The molecule has 2 fully saturated rings. The van der Waals surface area contributed by atoms with Crippen molar-refractivity contribution >= 4 is 28.9 Å². The number of nitrogens with zero attached hydrogens (tertiary/aromatic N) is 3. The van der Waals surface area contributed by atoms with E-state index in [0.717, 1.165) is 24.8 Å². The van der Waals surface area contributed by atoms with Crippen LogP contribution in [0.2, 0.25) is 0 Å². The van der Waals surface area contributed by atoms with E-state index < -0.39 is 0 Å². The maximum atomic E-state index is 12.6. The number of hydrogen-bond donors (Lipinski definition) is 2. The number of pyridine rings is 1. The molecular weight excluding hydrogens is 418 g/mol. The number of carbonyl (C=O) groups excluding carboxylic acids is 2. The summed E-state index contributed by atoms with van der Waals surface area (Å²) in [4.78, 5) is 38.0. The number of anilines is 3. The third-order valence-corrected chi connectivity index (χ3v) is 6.50. The van der Waals surface area contributed by atoms with Gasteiger partial charge in [0.05, 0.1) is 35.9 Å². The maximum Gasteiger partial charge on any atom is 0.229 e. The van der Waals surface area contributed by atoms with Gasteiger partial charge in [0.2, 0.25) is 5.91 Å². The molecule has 2 heterocycles. The van der Waals surface area contributed by atoms with E-state index in [1.54, 1.807) is 38.7 Å². The lowest BCUT2D eigenvalue weighted by atomic mass is 10.1. The summed E-state index contributed by atoms with van der Waals surface area (Å²) in [5.74, 6) is 1.02. The van der Waals surface area contributed by atoms with Gasteiger partial charge in [-0.3, -0.25) is 19.6 Å². The molecule has 0 unspecified atom stereocenters. The molecule has 33 heavy (non-hydrogen) atoms. The van der Waals surface area contributed by atoms with Crippen molar-refractivity contribution < 1.29 is 14.3 Å². The molecule has 2 saturated carbocycles. The second-order valence-electron chi connectivity index (χ2n) is 8.60. The number of carbonyl (C=O) groups is 2. The summed E-state index contributed by atoms with van der Waals surface area (Å²) in [5, 5.41) is 6.24. The highest BCUT2D eigenvalue weighted by molar-refractivity contribution is 6.03. The number of rotatable bonds is 8. The number of methoxy groups -OCH3 is 1. The lowest BCUT2D eigenvalue weighted by molar-refractivity contribution is -0.117. The SMILES string of the molecule is CCC(=O)c1cnc(NC(=O)[C@H]2CC23CC3)cc1Nc1cccc(-c2cnccn2)c1OC. The number of ether oxygens (including phenoxy) is 1. The van der Waals surface area contributed by atoms with Crippen molar-refractivity contribution in [2.75, 3.05) is 17.7 Å². The standard InChI is InChI=1S/C25H25N5O3/c1-3-21(31)16-13-28-22(30-24(32)17-12-25(17)7-8-25)11-19(16)29-18-6-4-5-15(23(18)33-2)20-14-26-9-10-27-20/h4-6,9-11,13-14,17H,3,7-8,12H2,1-2H3,(H2,28,29,30,32)/t17-/m1/s1. The Labute approximate surface area is 191 Å². The fourth-order valence-corrected chi connectivity index (χ4v) is 4.33. The van der Waals surface area contributed by atoms with Crippen LogP contribution in [0.3, 0.4) is 0 Å². The summed E-state index contributed by atoms with van der Waals surface area (Å²) in [7, 11) is 1.58. The Kier molecular flexibility index (Phi) is 5.28. The fourth-order valence-electron chi connectivity index (χ4n) is 4.33. The Morgan fingerprint density at radius 1 is 1.15 bits per heavy atom. The van der Waals surface area contributed by atoms with Crippen LogP contribution in [0.1, 0.15) is 43.0 Å². The highest BCUT2D eigenvalue weighted by Gasteiger charge is 2.65. The average Bonchev–Trinajstić information content (AvgIpc) is 3.77. The first kappa shape index (κ1) is 21.1. The van der Waals surface area contributed by atoms with Crippen molar-refractivity contribution in [3.05, 3.63) is 54.6 Å². The van der Waals surface area contributed by atoms with E-state index in [9.17, 15) is 9.59 Å². The molecule has 168 valence electrons. The van der Waals surface area contributed by atoms with E-state index in [0.29, 0.717) is 40.6 Å². The van der Waals surface area contributed by atoms with Gasteiger partial charge in [-0.1, -0.05) is 13.0 Å². The zero-order chi connectivity index (χ0) is 23.0. The first-order chi connectivity index (χ1) is 16.0. The zero-order valence-corrected chi connectivity index (χ0v) is 18.6. The van der Waals surface area contributed by atoms with Crippen LogP contribution in [0, 0.1) is 11.3 Å². The quantitative estimate of drug-likeness (QED) is 0.489. The van der Waals surface area contributed by atoms with E-state index in [2.05, 4.69) is 25.6 Å². The normalized spacial score (nSPS) is 17.3. The Balaban J connectivity index is 1.47. The van der Waals surface area contributed by atoms with Gasteiger partial charge in [-0.15, -0.1) is 0 Å². The lowest BCUT2D eigenvalue weighted by Gasteiger charge is -2.17. The van der Waals surface area contributed by atoms with E-state index >= 15 is 0 Å². The van der Waals surface area contributed by atoms with Crippen molar-refractivity contribution in [1.82, 2.24) is 15.0 Å². The number of benzene rings is 1. The molecule has 0 saturated heterocycles. The number of amides is 1. The summed E-state index contributed by atoms with van der Waals surface area (Å²) in [6.07, 6.45) is 9.98. The molecule has 2 aromatic heterocycles. The molecule has 2 aliphatic carbocycles. The van der Waals surface area contributed by atoms with Gasteiger partial charge in [-0.05, 0) is 36.8 Å². The highest BCUT2D eigenvalue weighted by atomic mass is 16.5. The van der Waals surface area contributed by atoms with Crippen LogP contribution in [-0.4, -0.2) is 33.8 Å². The molecular formula is C25H25N5O3. The molecule has 1 atom stereocenters. The van der Waals surface area contributed by atoms with Crippen LogP contribution in [0.25, 0.3) is 11.3 Å². The Morgan fingerprint density at radius 2 is 2.00 bits per heavy atom. The minimum atomic E-state index is -0.0500. The first-order valence-electron chi connectivity index (χ1n) is 11.1. The molecule has 0 aliphatic heterocycles. The number of aromatic nitrogens is 3. The third-order valence-electron chi connectivity index (χ3n) is 6.50. The summed E-state index contributed by atoms with van der Waals surface area (Å²) >= 11 is 0. The van der Waals surface area contributed by atoms with Crippen LogP contribution in [0.5, 0.6) is 5.75 Å². The van der Waals surface area contributed by atoms with Crippen LogP contribution >= 0.6 is 0 Å². The summed E-state index contributed by atoms with van der Waals surface area (Å²) in [6, 6.07) is 7.34. The first-order valence-corrected chi connectivity index (χ1v) is 11.1. The van der Waals surface area contributed by atoms with E-state index in [-0.39, 0.29) is 23.0 Å². The van der Waals surface area contributed by atoms with E-state index in [1.165, 1.54) is 6.20 Å². The van der Waals surface area contributed by atoms with Crippen LogP contribution in [0.15, 0.2) is 49.1 Å². The van der Waals surface area contributed by atoms with Gasteiger partial charge in [0.15, 0.2) is 11.5 Å². The largest absolute Gasteiger partial charge is 0.494 e. The average molecular weight is 444 g/mol. The van der Waals surface area contributed by atoms with Gasteiger partial charge in [0, 0.05) is 42.6 Å². The molecule has 1 spiro atoms. The molecule has 0 radical (unpaired) electrons. The van der Waals surface area contributed by atoms with E-state index in [4.69, 9.17) is 4.74 Å². The van der Waals surface area contributed by atoms with Crippen molar-refractivity contribution in [1.29, 1.82) is 0 Å². The monoisotopic (exact) mass is 443 g/mol. The topological polar surface area (TPSA) is 106 Å². The molecule has 8 heteroatoms. The minimum absolute atomic E-state index is 0.00254. The molecule has 1 amide bonds. The van der Waals surface area contributed by atoms with Gasteiger partial charge in [-0.2, -0.15) is 0 Å². The van der Waals surface area contributed by atoms with Gasteiger partial charge in [0.25, 0.3) is 0 Å². The van der Waals surface area contributed by atoms with Gasteiger partial charge in [-0.25, -0.2) is 4.98 Å². The number of Topliss-reactive ketones (excluding diaryl/α,β-unsaturated/α-hetero) is 1. The molecule has 0 bridgehead atoms. The van der Waals surface area contributed by atoms with E-state index in [1.807, 2.05) is 18.2 Å². The fraction of sp³-hybridized carbons (Fsp3) is 0.320. The van der Waals surface area contributed by atoms with Crippen molar-refractivity contribution in [2.45, 2.75) is 32.6 Å². The second-order valence-corrected chi connectivity index (χ2v) is 8.60. The molecule has 3 aromatic rings. The summed E-state index contributed by atoms with van der Waals surface area (Å²) in [5.41, 5.74) is 3.37. The third kappa shape index (κ3) is 4.04. The summed E-state index contributed by atoms with van der Waals surface area (Å²) < 4.78 is 5.69. The van der Waals surface area contributed by atoms with Crippen LogP contribution < -0.4 is 15.4 Å². The Hall–Kier alpha value is -3.81. The van der Waals surface area contributed by atoms with Gasteiger partial charge >= 0.3 is 0 Å². The Bertz CT molecular complexity index is 1220. The van der Waals surface area contributed by atoms with Crippen LogP contribution in [0.4, 0.5) is 17.2 Å². The van der Waals surface area contributed by atoms with Gasteiger partial charge < -0.3 is 15.4 Å². The predicted octanol–water partition coefficient (Wildman–Crippen LogP) is 4.62. The molecule has 5 rings (SSSR count). The Morgan fingerprint density at radius 3 is 2.67 bits per heavy atom. The molecule has 1 aromatic carbocycles. The maximum absolute atomic E-state index is 12.6. The molecule has 2 N–H and O–H groups in total. The number of para-hydroxylation sites is 1. The number of ketones is 1. The molecule has 2 aliphatic rings. The lowest BCUT2D eigenvalue weighted by Crippen LogP contribution is -2.16. The van der Waals surface area contributed by atoms with Crippen LogP contribution in [-0.2, 0) is 4.79 Å². The number of nitrogens with one attached hydrogen (secondary N) is 2. The summed E-state index contributed by atoms with van der Waals surface area (Å²) in [6.45, 7) is 1.80. The van der Waals surface area contributed by atoms with Gasteiger partial charge in [0.1, 0.15) is 5.82 Å². The predicted molar refractivity (Wildman–Crippen MR) is 125 cm³/mol. The smallest absolute Gasteiger partial charge is 0.229 e. The molecule has 8 nitrogen and oxygen atoms in total. The van der Waals surface area contributed by atoms with Crippen molar-refractivity contribution in [2.24, 2.45) is 11.3 Å². The second kappa shape index (κ2) is 8.27. The number of hydrogen-bond acceptors (Lipinski definition) is 7. The van der Waals surface area contributed by atoms with Crippen molar-refractivity contribution in [3.63, 3.8) is 0 Å². The highest BCUT2D eigenvalue weighted by Crippen LogP contribution is 2.70. The minimum Gasteiger partial charge on any atom is -0.494 e.